The Morgan fingerprint density at radius 3 is 2.52 bits per heavy atom. The Morgan fingerprint density at radius 2 is 1.78 bits per heavy atom. The Kier molecular flexibility index (Phi) is 4.89. The number of carbonyl (C=O) groups is 1. The van der Waals surface area contributed by atoms with E-state index >= 15 is 0 Å². The van der Waals surface area contributed by atoms with Gasteiger partial charge in [0, 0.05) is 47.1 Å². The first-order chi connectivity index (χ1) is 13.0. The molecule has 1 aliphatic heterocycles. The number of rotatable bonds is 4. The molecule has 2 heterocycles. The van der Waals surface area contributed by atoms with E-state index in [2.05, 4.69) is 72.0 Å². The fourth-order valence-corrected chi connectivity index (χ4v) is 4.29. The van der Waals surface area contributed by atoms with Gasteiger partial charge in [0.15, 0.2) is 0 Å². The van der Waals surface area contributed by atoms with Crippen molar-refractivity contribution >= 4 is 33.4 Å². The lowest BCUT2D eigenvalue weighted by Gasteiger charge is -2.34. The first-order valence-corrected chi connectivity index (χ1v) is 9.73. The van der Waals surface area contributed by atoms with E-state index in [4.69, 9.17) is 4.74 Å². The highest BCUT2D eigenvalue weighted by Gasteiger charge is 2.23. The maximum Gasteiger partial charge on any atom is 0.238 e. The number of aromatic nitrogens is 1. The van der Waals surface area contributed by atoms with Crippen LogP contribution in [0, 0.1) is 0 Å². The quantitative estimate of drug-likeness (QED) is 0.764. The Bertz CT molecular complexity index is 968. The molecular weight excluding hydrogens is 338 g/mol. The molecule has 0 spiro atoms. The van der Waals surface area contributed by atoms with Gasteiger partial charge in [0.2, 0.25) is 5.91 Å². The highest BCUT2D eigenvalue weighted by atomic mass is 16.5. The fraction of sp³-hybridized carbons (Fsp3) is 0.409. The maximum atomic E-state index is 12.6. The van der Waals surface area contributed by atoms with Crippen LogP contribution >= 0.6 is 0 Å². The van der Waals surface area contributed by atoms with Crippen molar-refractivity contribution in [2.75, 3.05) is 25.0 Å². The van der Waals surface area contributed by atoms with E-state index in [0.717, 1.165) is 25.3 Å². The van der Waals surface area contributed by atoms with Crippen LogP contribution in [0.3, 0.4) is 0 Å². The minimum absolute atomic E-state index is 0.0230. The minimum atomic E-state index is 0.0230. The summed E-state index contributed by atoms with van der Waals surface area (Å²) in [6.45, 7) is 9.17. The zero-order chi connectivity index (χ0) is 19.0. The molecule has 27 heavy (non-hydrogen) atoms. The number of aryl methyl sites for hydroxylation is 1. The third kappa shape index (κ3) is 3.57. The number of nitrogens with zero attached hydrogens (tertiary/aromatic N) is 2. The third-order valence-electron chi connectivity index (χ3n) is 5.23. The first kappa shape index (κ1) is 18.0. The highest BCUT2D eigenvalue weighted by molar-refractivity contribution is 6.09. The number of para-hydroxylation sites is 1. The number of hydrogen-bond acceptors (Lipinski definition) is 3. The SMILES string of the molecule is CCn1c2ccccc2c2cc(NC(=O)CN3CC(C)OC(C)C3)ccc21. The molecule has 0 aliphatic carbocycles. The molecule has 5 nitrogen and oxygen atoms in total. The molecule has 1 saturated heterocycles. The summed E-state index contributed by atoms with van der Waals surface area (Å²) >= 11 is 0. The largest absolute Gasteiger partial charge is 0.373 e. The Morgan fingerprint density at radius 1 is 1.07 bits per heavy atom. The molecule has 142 valence electrons. The molecule has 0 saturated carbocycles. The molecule has 1 amide bonds. The number of benzene rings is 2. The zero-order valence-corrected chi connectivity index (χ0v) is 16.2. The number of morpholine rings is 1. The number of anilines is 1. The molecule has 5 heteroatoms. The Balaban J connectivity index is 1.56. The average Bonchev–Trinajstić information content (AvgIpc) is 2.94. The summed E-state index contributed by atoms with van der Waals surface area (Å²) in [6, 6.07) is 14.6. The van der Waals surface area contributed by atoms with Gasteiger partial charge in [-0.05, 0) is 45.0 Å². The van der Waals surface area contributed by atoms with Gasteiger partial charge in [0.1, 0.15) is 0 Å². The summed E-state index contributed by atoms with van der Waals surface area (Å²) in [4.78, 5) is 14.7. The molecule has 1 N–H and O–H groups in total. The van der Waals surface area contributed by atoms with Crippen molar-refractivity contribution in [3.63, 3.8) is 0 Å². The van der Waals surface area contributed by atoms with E-state index in [1.165, 1.54) is 21.8 Å². The topological polar surface area (TPSA) is 46.5 Å². The lowest BCUT2D eigenvalue weighted by atomic mass is 10.1. The lowest BCUT2D eigenvalue weighted by Crippen LogP contribution is -2.48. The van der Waals surface area contributed by atoms with Crippen molar-refractivity contribution in [3.8, 4) is 0 Å². The second kappa shape index (κ2) is 7.33. The third-order valence-corrected chi connectivity index (χ3v) is 5.23. The fourth-order valence-electron chi connectivity index (χ4n) is 4.29. The predicted molar refractivity (Wildman–Crippen MR) is 110 cm³/mol. The number of fused-ring (bicyclic) bond motifs is 3. The maximum absolute atomic E-state index is 12.6. The summed E-state index contributed by atoms with van der Waals surface area (Å²) in [5, 5.41) is 5.48. The molecule has 3 aromatic rings. The van der Waals surface area contributed by atoms with Crippen molar-refractivity contribution in [2.45, 2.75) is 39.5 Å². The molecule has 2 aromatic carbocycles. The Hall–Kier alpha value is -2.37. The van der Waals surface area contributed by atoms with E-state index in [1.807, 2.05) is 6.07 Å². The number of ether oxygens (including phenoxy) is 1. The van der Waals surface area contributed by atoms with Crippen molar-refractivity contribution in [3.05, 3.63) is 42.5 Å². The molecule has 1 fully saturated rings. The van der Waals surface area contributed by atoms with Gasteiger partial charge >= 0.3 is 0 Å². The van der Waals surface area contributed by atoms with Crippen LogP contribution in [0.5, 0.6) is 0 Å². The number of nitrogens with one attached hydrogen (secondary N) is 1. The standard InChI is InChI=1S/C22H27N3O2/c1-4-25-20-8-6-5-7-18(20)19-11-17(9-10-21(19)25)23-22(26)14-24-12-15(2)27-16(3)13-24/h5-11,15-16H,4,12-14H2,1-3H3,(H,23,26). The average molecular weight is 365 g/mol. The monoisotopic (exact) mass is 365 g/mol. The summed E-state index contributed by atoms with van der Waals surface area (Å²) in [5.41, 5.74) is 3.28. The molecule has 1 aliphatic rings. The molecule has 0 bridgehead atoms. The van der Waals surface area contributed by atoms with Crippen molar-refractivity contribution in [1.29, 1.82) is 0 Å². The normalized spacial score (nSPS) is 21.0. The van der Waals surface area contributed by atoms with Gasteiger partial charge in [-0.2, -0.15) is 0 Å². The highest BCUT2D eigenvalue weighted by Crippen LogP contribution is 2.31. The zero-order valence-electron chi connectivity index (χ0n) is 16.2. The number of hydrogen-bond donors (Lipinski definition) is 1. The van der Waals surface area contributed by atoms with Crippen LogP contribution in [-0.2, 0) is 16.1 Å². The van der Waals surface area contributed by atoms with Gasteiger partial charge in [0.05, 0.1) is 18.8 Å². The molecule has 2 unspecified atom stereocenters. The summed E-state index contributed by atoms with van der Waals surface area (Å²) in [7, 11) is 0. The van der Waals surface area contributed by atoms with Gasteiger partial charge in [0.25, 0.3) is 0 Å². The van der Waals surface area contributed by atoms with E-state index in [-0.39, 0.29) is 18.1 Å². The van der Waals surface area contributed by atoms with Gasteiger partial charge in [-0.1, -0.05) is 18.2 Å². The predicted octanol–water partition coefficient (Wildman–Crippen LogP) is 3.86. The first-order valence-electron chi connectivity index (χ1n) is 9.73. The van der Waals surface area contributed by atoms with Crippen LogP contribution in [0.15, 0.2) is 42.5 Å². The summed E-state index contributed by atoms with van der Waals surface area (Å²) in [5.74, 6) is 0.0230. The van der Waals surface area contributed by atoms with Crippen LogP contribution in [0.2, 0.25) is 0 Å². The smallest absolute Gasteiger partial charge is 0.238 e. The molecule has 2 atom stereocenters. The van der Waals surface area contributed by atoms with Crippen LogP contribution in [-0.4, -0.2) is 47.2 Å². The summed E-state index contributed by atoms with van der Waals surface area (Å²) in [6.07, 6.45) is 0.330. The van der Waals surface area contributed by atoms with Crippen LogP contribution in [0.25, 0.3) is 21.8 Å². The van der Waals surface area contributed by atoms with E-state index in [9.17, 15) is 4.79 Å². The molecule has 1 aromatic heterocycles. The van der Waals surface area contributed by atoms with E-state index in [0.29, 0.717) is 6.54 Å². The van der Waals surface area contributed by atoms with E-state index < -0.39 is 0 Å². The Labute approximate surface area is 159 Å². The second-order valence-electron chi connectivity index (χ2n) is 7.49. The van der Waals surface area contributed by atoms with Gasteiger partial charge in [-0.15, -0.1) is 0 Å². The van der Waals surface area contributed by atoms with Crippen LogP contribution < -0.4 is 5.32 Å². The van der Waals surface area contributed by atoms with Crippen LogP contribution in [0.1, 0.15) is 20.8 Å². The lowest BCUT2D eigenvalue weighted by molar-refractivity contribution is -0.121. The van der Waals surface area contributed by atoms with Crippen molar-refractivity contribution in [2.24, 2.45) is 0 Å². The van der Waals surface area contributed by atoms with Gasteiger partial charge in [-0.25, -0.2) is 0 Å². The number of carbonyl (C=O) groups excluding carboxylic acids is 1. The number of amides is 1. The second-order valence-corrected chi connectivity index (χ2v) is 7.49. The van der Waals surface area contributed by atoms with Crippen molar-refractivity contribution in [1.82, 2.24) is 9.47 Å². The van der Waals surface area contributed by atoms with Gasteiger partial charge in [-0.3, -0.25) is 9.69 Å². The van der Waals surface area contributed by atoms with Crippen LogP contribution in [0.4, 0.5) is 5.69 Å². The van der Waals surface area contributed by atoms with Crippen molar-refractivity contribution < 1.29 is 9.53 Å². The van der Waals surface area contributed by atoms with E-state index in [1.54, 1.807) is 0 Å². The summed E-state index contributed by atoms with van der Waals surface area (Å²) < 4.78 is 8.05. The molecule has 0 radical (unpaired) electrons. The molecule has 4 rings (SSSR count). The van der Waals surface area contributed by atoms with Gasteiger partial charge < -0.3 is 14.6 Å². The molecular formula is C22H27N3O2. The minimum Gasteiger partial charge on any atom is -0.373 e.